The first kappa shape index (κ1) is 13.7. The van der Waals surface area contributed by atoms with E-state index in [2.05, 4.69) is 12.2 Å². The fourth-order valence-corrected chi connectivity index (χ4v) is 2.77. The van der Waals surface area contributed by atoms with Crippen molar-refractivity contribution in [3.8, 4) is 5.75 Å². The minimum Gasteiger partial charge on any atom is -0.496 e. The van der Waals surface area contributed by atoms with E-state index in [1.54, 1.807) is 7.11 Å². The Balaban J connectivity index is 2.34. The van der Waals surface area contributed by atoms with Gasteiger partial charge >= 0.3 is 0 Å². The maximum atomic E-state index is 6.09. The third-order valence-corrected chi connectivity index (χ3v) is 3.85. The highest BCUT2D eigenvalue weighted by Crippen LogP contribution is 2.36. The van der Waals surface area contributed by atoms with Gasteiger partial charge in [-0.15, -0.1) is 0 Å². The number of hydrogen-bond acceptors (Lipinski definition) is 3. The maximum Gasteiger partial charge on any atom is 0.123 e. The van der Waals surface area contributed by atoms with Gasteiger partial charge < -0.3 is 14.8 Å². The van der Waals surface area contributed by atoms with Gasteiger partial charge in [0.05, 0.1) is 19.3 Å². The summed E-state index contributed by atoms with van der Waals surface area (Å²) in [6.45, 7) is 3.05. The Labute approximate surface area is 113 Å². The number of methoxy groups -OCH3 is 1. The number of nitrogens with one attached hydrogen (secondary N) is 1. The SMILES string of the molecule is CNC(c1cc(Cl)ccc1OC)C1OCCC1C. The first-order valence-electron chi connectivity index (χ1n) is 6.29. The molecule has 2 rings (SSSR count). The molecule has 3 atom stereocenters. The topological polar surface area (TPSA) is 30.5 Å². The van der Waals surface area contributed by atoms with Gasteiger partial charge in [0.2, 0.25) is 0 Å². The van der Waals surface area contributed by atoms with Crippen molar-refractivity contribution in [3.05, 3.63) is 28.8 Å². The number of hydrogen-bond donors (Lipinski definition) is 1. The highest BCUT2D eigenvalue weighted by atomic mass is 35.5. The second-order valence-corrected chi connectivity index (χ2v) is 5.19. The third-order valence-electron chi connectivity index (χ3n) is 3.61. The van der Waals surface area contributed by atoms with Gasteiger partial charge in [-0.1, -0.05) is 18.5 Å². The second-order valence-electron chi connectivity index (χ2n) is 4.75. The Morgan fingerprint density at radius 3 is 2.83 bits per heavy atom. The number of rotatable bonds is 4. The molecule has 1 heterocycles. The molecule has 0 radical (unpaired) electrons. The minimum absolute atomic E-state index is 0.108. The van der Waals surface area contributed by atoms with E-state index < -0.39 is 0 Å². The summed E-state index contributed by atoms with van der Waals surface area (Å²) in [7, 11) is 3.62. The van der Waals surface area contributed by atoms with Gasteiger partial charge in [0.15, 0.2) is 0 Å². The van der Waals surface area contributed by atoms with Crippen LogP contribution in [0, 0.1) is 5.92 Å². The molecule has 0 amide bonds. The van der Waals surface area contributed by atoms with Crippen LogP contribution in [0.15, 0.2) is 18.2 Å². The van der Waals surface area contributed by atoms with Crippen molar-refractivity contribution in [2.24, 2.45) is 5.92 Å². The Hall–Kier alpha value is -0.770. The quantitative estimate of drug-likeness (QED) is 0.911. The fraction of sp³-hybridized carbons (Fsp3) is 0.571. The van der Waals surface area contributed by atoms with Crippen molar-refractivity contribution in [1.29, 1.82) is 0 Å². The zero-order valence-corrected chi connectivity index (χ0v) is 11.8. The van der Waals surface area contributed by atoms with Crippen LogP contribution in [0.5, 0.6) is 5.75 Å². The predicted octanol–water partition coefficient (Wildman–Crippen LogP) is 3.03. The molecule has 1 fully saturated rings. The second kappa shape index (κ2) is 5.91. The van der Waals surface area contributed by atoms with E-state index in [0.29, 0.717) is 5.92 Å². The number of halogens is 1. The monoisotopic (exact) mass is 269 g/mol. The normalized spacial score (nSPS) is 25.1. The highest BCUT2D eigenvalue weighted by Gasteiger charge is 2.33. The minimum atomic E-state index is 0.108. The van der Waals surface area contributed by atoms with Crippen molar-refractivity contribution >= 4 is 11.6 Å². The summed E-state index contributed by atoms with van der Waals surface area (Å²) in [6.07, 6.45) is 1.27. The zero-order valence-electron chi connectivity index (χ0n) is 11.1. The molecule has 1 N–H and O–H groups in total. The molecule has 3 nitrogen and oxygen atoms in total. The van der Waals surface area contributed by atoms with Gasteiger partial charge in [-0.05, 0) is 37.6 Å². The third kappa shape index (κ3) is 2.63. The Morgan fingerprint density at radius 2 is 2.28 bits per heavy atom. The Kier molecular flexibility index (Phi) is 4.49. The Morgan fingerprint density at radius 1 is 1.50 bits per heavy atom. The molecular formula is C14H20ClNO2. The van der Waals surface area contributed by atoms with E-state index in [9.17, 15) is 0 Å². The molecule has 0 spiro atoms. The molecule has 1 aromatic carbocycles. The van der Waals surface area contributed by atoms with E-state index in [-0.39, 0.29) is 12.1 Å². The molecule has 18 heavy (non-hydrogen) atoms. The van der Waals surface area contributed by atoms with Crippen molar-refractivity contribution in [2.45, 2.75) is 25.5 Å². The van der Waals surface area contributed by atoms with E-state index in [1.165, 1.54) is 0 Å². The van der Waals surface area contributed by atoms with Crippen LogP contribution in [-0.2, 0) is 4.74 Å². The molecule has 0 bridgehead atoms. The lowest BCUT2D eigenvalue weighted by atomic mass is 9.92. The van der Waals surface area contributed by atoms with Crippen molar-refractivity contribution in [1.82, 2.24) is 5.32 Å². The molecule has 4 heteroatoms. The molecule has 1 aliphatic heterocycles. The van der Waals surface area contributed by atoms with Crippen LogP contribution in [0.3, 0.4) is 0 Å². The predicted molar refractivity (Wildman–Crippen MR) is 73.3 cm³/mol. The lowest BCUT2D eigenvalue weighted by Gasteiger charge is -2.27. The van der Waals surface area contributed by atoms with E-state index in [4.69, 9.17) is 21.1 Å². The lowest BCUT2D eigenvalue weighted by Crippen LogP contribution is -2.32. The molecule has 0 aliphatic carbocycles. The Bertz CT molecular complexity index is 411. The standard InChI is InChI=1S/C14H20ClNO2/c1-9-6-7-18-14(9)13(16-2)11-8-10(15)4-5-12(11)17-3/h4-5,8-9,13-14,16H,6-7H2,1-3H3. The van der Waals surface area contributed by atoms with Crippen molar-refractivity contribution < 1.29 is 9.47 Å². The summed E-state index contributed by atoms with van der Waals surface area (Å²) in [6, 6.07) is 5.81. The highest BCUT2D eigenvalue weighted by molar-refractivity contribution is 6.30. The molecule has 100 valence electrons. The maximum absolute atomic E-state index is 6.09. The fourth-order valence-electron chi connectivity index (χ4n) is 2.59. The molecule has 1 aromatic rings. The molecule has 0 saturated carbocycles. The largest absolute Gasteiger partial charge is 0.496 e. The number of ether oxygens (including phenoxy) is 2. The van der Waals surface area contributed by atoms with E-state index in [1.807, 2.05) is 25.2 Å². The molecular weight excluding hydrogens is 250 g/mol. The summed E-state index contributed by atoms with van der Waals surface area (Å²) in [5.41, 5.74) is 1.06. The lowest BCUT2D eigenvalue weighted by molar-refractivity contribution is 0.0623. The molecule has 1 saturated heterocycles. The summed E-state index contributed by atoms with van der Waals surface area (Å²) < 4.78 is 11.3. The summed E-state index contributed by atoms with van der Waals surface area (Å²) in [4.78, 5) is 0. The first-order chi connectivity index (χ1) is 8.67. The van der Waals surface area contributed by atoms with E-state index >= 15 is 0 Å². The van der Waals surface area contributed by atoms with E-state index in [0.717, 1.165) is 29.4 Å². The van der Waals surface area contributed by atoms with Crippen molar-refractivity contribution in [2.75, 3.05) is 20.8 Å². The molecule has 3 unspecified atom stereocenters. The van der Waals surface area contributed by atoms with Crippen LogP contribution in [0.25, 0.3) is 0 Å². The van der Waals surface area contributed by atoms with Gasteiger partial charge in [-0.2, -0.15) is 0 Å². The summed E-state index contributed by atoms with van der Waals surface area (Å²) >= 11 is 6.09. The number of likely N-dealkylation sites (N-methyl/N-ethyl adjacent to an activating group) is 1. The smallest absolute Gasteiger partial charge is 0.123 e. The molecule has 1 aliphatic rings. The van der Waals surface area contributed by atoms with Gasteiger partial charge in [0, 0.05) is 17.2 Å². The van der Waals surface area contributed by atoms with Crippen LogP contribution in [0.4, 0.5) is 0 Å². The van der Waals surface area contributed by atoms with Crippen LogP contribution in [0.1, 0.15) is 24.9 Å². The first-order valence-corrected chi connectivity index (χ1v) is 6.67. The van der Waals surface area contributed by atoms with Crippen LogP contribution in [0.2, 0.25) is 5.02 Å². The van der Waals surface area contributed by atoms with Crippen molar-refractivity contribution in [3.63, 3.8) is 0 Å². The van der Waals surface area contributed by atoms with Crippen LogP contribution in [-0.4, -0.2) is 26.9 Å². The molecule has 0 aromatic heterocycles. The van der Waals surface area contributed by atoms with Gasteiger partial charge in [-0.25, -0.2) is 0 Å². The van der Waals surface area contributed by atoms with Gasteiger partial charge in [0.25, 0.3) is 0 Å². The average Bonchev–Trinajstić information content (AvgIpc) is 2.77. The van der Waals surface area contributed by atoms with Crippen LogP contribution < -0.4 is 10.1 Å². The van der Waals surface area contributed by atoms with Crippen LogP contribution >= 0.6 is 11.6 Å². The summed E-state index contributed by atoms with van der Waals surface area (Å²) in [5, 5.41) is 4.05. The zero-order chi connectivity index (χ0) is 13.1. The van der Waals surface area contributed by atoms with Gasteiger partial charge in [-0.3, -0.25) is 0 Å². The number of benzene rings is 1. The van der Waals surface area contributed by atoms with Gasteiger partial charge in [0.1, 0.15) is 5.75 Å². The summed E-state index contributed by atoms with van der Waals surface area (Å²) in [5.74, 6) is 1.38. The average molecular weight is 270 g/mol.